The number of aliphatic hydroxyl groups excluding tert-OH is 1. The number of rotatable bonds is 5. The van der Waals surface area contributed by atoms with Gasteiger partial charge in [0.25, 0.3) is 0 Å². The van der Waals surface area contributed by atoms with Gasteiger partial charge in [-0.2, -0.15) is 0 Å². The highest BCUT2D eigenvalue weighted by atomic mass is 16.3. The first-order chi connectivity index (χ1) is 11.5. The Morgan fingerprint density at radius 3 is 2.21 bits per heavy atom. The fourth-order valence-electron chi connectivity index (χ4n) is 4.40. The molecule has 6 heteroatoms. The minimum absolute atomic E-state index is 0.101. The first-order valence-electron chi connectivity index (χ1n) is 9.75. The fourth-order valence-corrected chi connectivity index (χ4v) is 4.40. The Hall–Kier alpha value is -1.01. The topological polar surface area (TPSA) is 67.1 Å². The summed E-state index contributed by atoms with van der Waals surface area (Å²) in [7, 11) is 0. The fraction of sp³-hybridized carbons (Fsp3) is 0.944. The number of tetrazole rings is 1. The van der Waals surface area contributed by atoms with Crippen LogP contribution in [0, 0.1) is 5.92 Å². The molecule has 0 radical (unpaired) electrons. The van der Waals surface area contributed by atoms with Gasteiger partial charge in [-0.1, -0.05) is 6.92 Å². The van der Waals surface area contributed by atoms with Crippen molar-refractivity contribution in [2.75, 3.05) is 0 Å². The second kappa shape index (κ2) is 7.91. The Morgan fingerprint density at radius 1 is 1.04 bits per heavy atom. The summed E-state index contributed by atoms with van der Waals surface area (Å²) in [6.45, 7) is 7.47. The zero-order valence-corrected chi connectivity index (χ0v) is 15.4. The van der Waals surface area contributed by atoms with Crippen LogP contribution >= 0.6 is 0 Å². The van der Waals surface area contributed by atoms with Gasteiger partial charge in [0.2, 0.25) is 0 Å². The van der Waals surface area contributed by atoms with Crippen LogP contribution in [0.4, 0.5) is 0 Å². The second-order valence-corrected chi connectivity index (χ2v) is 8.18. The van der Waals surface area contributed by atoms with E-state index in [4.69, 9.17) is 0 Å². The summed E-state index contributed by atoms with van der Waals surface area (Å²) >= 11 is 0. The summed E-state index contributed by atoms with van der Waals surface area (Å²) in [5.41, 5.74) is 0. The average molecular weight is 335 g/mol. The number of hydrogen-bond donors (Lipinski definition) is 1. The third-order valence-electron chi connectivity index (χ3n) is 5.96. The maximum absolute atomic E-state index is 9.87. The van der Waals surface area contributed by atoms with Crippen molar-refractivity contribution in [1.82, 2.24) is 25.1 Å². The second-order valence-electron chi connectivity index (χ2n) is 8.18. The van der Waals surface area contributed by atoms with Gasteiger partial charge in [0.1, 0.15) is 0 Å². The van der Waals surface area contributed by atoms with Gasteiger partial charge in [-0.25, -0.2) is 4.68 Å². The molecule has 2 fully saturated rings. The quantitative estimate of drug-likeness (QED) is 0.896. The predicted molar refractivity (Wildman–Crippen MR) is 93.4 cm³/mol. The van der Waals surface area contributed by atoms with Crippen molar-refractivity contribution in [1.29, 1.82) is 0 Å². The Kier molecular flexibility index (Phi) is 5.87. The molecule has 2 saturated carbocycles. The van der Waals surface area contributed by atoms with Crippen LogP contribution < -0.4 is 0 Å². The predicted octanol–water partition coefficient (Wildman–Crippen LogP) is 2.94. The van der Waals surface area contributed by atoms with E-state index in [1.165, 1.54) is 25.7 Å². The first-order valence-corrected chi connectivity index (χ1v) is 9.75. The van der Waals surface area contributed by atoms with Crippen molar-refractivity contribution in [3.8, 4) is 0 Å². The van der Waals surface area contributed by atoms with Crippen LogP contribution in [0.5, 0.6) is 0 Å². The summed E-state index contributed by atoms with van der Waals surface area (Å²) in [5, 5.41) is 22.3. The number of hydrogen-bond acceptors (Lipinski definition) is 5. The minimum Gasteiger partial charge on any atom is -0.393 e. The van der Waals surface area contributed by atoms with E-state index in [0.717, 1.165) is 44.0 Å². The van der Waals surface area contributed by atoms with Gasteiger partial charge in [0.05, 0.1) is 18.7 Å². The molecule has 0 amide bonds. The van der Waals surface area contributed by atoms with E-state index in [2.05, 4.69) is 41.2 Å². The largest absolute Gasteiger partial charge is 0.393 e. The number of aliphatic hydroxyl groups is 1. The molecule has 2 aliphatic rings. The van der Waals surface area contributed by atoms with Crippen LogP contribution in [0.1, 0.15) is 84.0 Å². The molecule has 0 aliphatic heterocycles. The van der Waals surface area contributed by atoms with E-state index in [-0.39, 0.29) is 12.1 Å². The summed E-state index contributed by atoms with van der Waals surface area (Å²) in [5.74, 6) is 1.84. The molecule has 1 N–H and O–H groups in total. The van der Waals surface area contributed by atoms with E-state index < -0.39 is 0 Å². The van der Waals surface area contributed by atoms with Crippen molar-refractivity contribution < 1.29 is 5.11 Å². The molecule has 1 aromatic heterocycles. The SMILES string of the molecule is CC1CCC(N(Cc2nnnn2C(C)C)C2CCC(O)CC2)CC1. The van der Waals surface area contributed by atoms with Crippen molar-refractivity contribution in [2.24, 2.45) is 5.92 Å². The number of nitrogens with zero attached hydrogens (tertiary/aromatic N) is 5. The van der Waals surface area contributed by atoms with Crippen molar-refractivity contribution in [2.45, 2.75) is 103 Å². The summed E-state index contributed by atoms with van der Waals surface area (Å²) in [6, 6.07) is 1.49. The van der Waals surface area contributed by atoms with Crippen LogP contribution in [0.25, 0.3) is 0 Å². The standard InChI is InChI=1S/C18H33N5O/c1-13(2)23-18(19-20-21-23)12-22(15-6-4-14(3)5-7-15)16-8-10-17(24)11-9-16/h13-17,24H,4-12H2,1-3H3. The van der Waals surface area contributed by atoms with E-state index in [0.29, 0.717) is 12.1 Å². The zero-order valence-electron chi connectivity index (χ0n) is 15.4. The lowest BCUT2D eigenvalue weighted by Gasteiger charge is -2.43. The molecule has 0 saturated heterocycles. The van der Waals surface area contributed by atoms with Crippen molar-refractivity contribution in [3.63, 3.8) is 0 Å². The van der Waals surface area contributed by atoms with Gasteiger partial charge < -0.3 is 5.11 Å². The Morgan fingerprint density at radius 2 is 1.62 bits per heavy atom. The van der Waals surface area contributed by atoms with Crippen LogP contribution in [-0.2, 0) is 6.54 Å². The average Bonchev–Trinajstić information content (AvgIpc) is 3.03. The van der Waals surface area contributed by atoms with Crippen LogP contribution in [-0.4, -0.2) is 48.4 Å². The zero-order chi connectivity index (χ0) is 17.1. The Balaban J connectivity index is 1.75. The van der Waals surface area contributed by atoms with Gasteiger partial charge in [0, 0.05) is 12.1 Å². The smallest absolute Gasteiger partial charge is 0.165 e. The van der Waals surface area contributed by atoms with Gasteiger partial charge in [-0.15, -0.1) is 5.10 Å². The summed E-state index contributed by atoms with van der Waals surface area (Å²) in [4.78, 5) is 2.67. The molecule has 0 unspecified atom stereocenters. The summed E-state index contributed by atoms with van der Waals surface area (Å²) in [6.07, 6.45) is 9.16. The third-order valence-corrected chi connectivity index (χ3v) is 5.96. The van der Waals surface area contributed by atoms with E-state index >= 15 is 0 Å². The molecule has 0 aromatic carbocycles. The van der Waals surface area contributed by atoms with Gasteiger partial charge in [0.15, 0.2) is 5.82 Å². The molecule has 0 atom stereocenters. The lowest BCUT2D eigenvalue weighted by Crippen LogP contribution is -2.46. The van der Waals surface area contributed by atoms with Crippen molar-refractivity contribution in [3.05, 3.63) is 5.82 Å². The van der Waals surface area contributed by atoms with Gasteiger partial charge in [-0.05, 0) is 81.6 Å². The lowest BCUT2D eigenvalue weighted by atomic mass is 9.84. The highest BCUT2D eigenvalue weighted by Crippen LogP contribution is 2.33. The summed E-state index contributed by atoms with van der Waals surface area (Å²) < 4.78 is 1.95. The van der Waals surface area contributed by atoms with Crippen LogP contribution in [0.15, 0.2) is 0 Å². The Bertz CT molecular complexity index is 479. The Labute approximate surface area is 145 Å². The monoisotopic (exact) mass is 335 g/mol. The molecule has 1 heterocycles. The number of aromatic nitrogens is 4. The normalized spacial score (nSPS) is 31.8. The maximum Gasteiger partial charge on any atom is 0.165 e. The van der Waals surface area contributed by atoms with Crippen LogP contribution in [0.3, 0.4) is 0 Å². The molecule has 0 spiro atoms. The highest BCUT2D eigenvalue weighted by Gasteiger charge is 2.33. The molecular formula is C18H33N5O. The van der Waals surface area contributed by atoms with E-state index in [1.807, 2.05) is 4.68 Å². The molecule has 2 aliphatic carbocycles. The molecule has 24 heavy (non-hydrogen) atoms. The molecule has 0 bridgehead atoms. The van der Waals surface area contributed by atoms with Crippen molar-refractivity contribution >= 4 is 0 Å². The first kappa shape index (κ1) is 17.8. The van der Waals surface area contributed by atoms with E-state index in [9.17, 15) is 5.11 Å². The van der Waals surface area contributed by atoms with Crippen LogP contribution in [0.2, 0.25) is 0 Å². The molecule has 1 aromatic rings. The molecule has 3 rings (SSSR count). The maximum atomic E-state index is 9.87. The van der Waals surface area contributed by atoms with Gasteiger partial charge in [-0.3, -0.25) is 4.90 Å². The molecular weight excluding hydrogens is 302 g/mol. The highest BCUT2D eigenvalue weighted by molar-refractivity contribution is 4.91. The third kappa shape index (κ3) is 4.14. The molecule has 136 valence electrons. The van der Waals surface area contributed by atoms with E-state index in [1.54, 1.807) is 0 Å². The molecule has 6 nitrogen and oxygen atoms in total. The van der Waals surface area contributed by atoms with Gasteiger partial charge >= 0.3 is 0 Å². The minimum atomic E-state index is -0.101. The lowest BCUT2D eigenvalue weighted by molar-refractivity contribution is 0.0288.